The molecule has 0 aromatic heterocycles. The van der Waals surface area contributed by atoms with E-state index in [0.29, 0.717) is 0 Å². The molecule has 0 unspecified atom stereocenters. The van der Waals surface area contributed by atoms with Crippen LogP contribution in [-0.2, 0) is 4.74 Å². The molecule has 9 heteroatoms. The molecule has 0 amide bonds. The average Bonchev–Trinajstić information content (AvgIpc) is 3.20. The first-order valence-corrected chi connectivity index (χ1v) is 23.2. The van der Waals surface area contributed by atoms with Crippen LogP contribution in [0.3, 0.4) is 0 Å². The van der Waals surface area contributed by atoms with Crippen molar-refractivity contribution >= 4 is 0 Å². The van der Waals surface area contributed by atoms with E-state index in [1.54, 1.807) is 0 Å². The topological polar surface area (TPSA) is 35.2 Å². The summed E-state index contributed by atoms with van der Waals surface area (Å²) in [6.45, 7) is 48.3. The van der Waals surface area contributed by atoms with Crippen molar-refractivity contribution in [2.45, 2.75) is 186 Å². The maximum absolute atomic E-state index is 5.40. The van der Waals surface area contributed by atoms with Crippen LogP contribution in [0.25, 0.3) is 0 Å². The second-order valence-electron chi connectivity index (χ2n) is 18.4. The largest absolute Gasteiger partial charge is 0.379 e. The Labute approximate surface area is 360 Å². The van der Waals surface area contributed by atoms with Crippen molar-refractivity contribution in [1.82, 2.24) is 39.2 Å². The van der Waals surface area contributed by atoms with Crippen LogP contribution >= 0.6 is 0 Å². The van der Waals surface area contributed by atoms with Gasteiger partial charge in [-0.25, -0.2) is 0 Å². The number of ether oxygens (including phenoxy) is 1. The normalized spacial score (nSPS) is 23.1. The lowest BCUT2D eigenvalue weighted by Crippen LogP contribution is -2.50. The number of rotatable bonds is 7. The van der Waals surface area contributed by atoms with E-state index in [9.17, 15) is 0 Å². The summed E-state index contributed by atoms with van der Waals surface area (Å²) in [5.74, 6) is 0. The number of likely N-dealkylation sites (N-methyl/N-ethyl adjacent to an activating group) is 2. The second kappa shape index (κ2) is 34.3. The van der Waals surface area contributed by atoms with Gasteiger partial charge in [0, 0.05) is 102 Å². The predicted octanol–water partition coefficient (Wildman–Crippen LogP) is 8.54. The van der Waals surface area contributed by atoms with Crippen molar-refractivity contribution in [3.8, 4) is 0 Å². The Hall–Kier alpha value is -0.360. The zero-order valence-corrected chi connectivity index (χ0v) is 38.5. The van der Waals surface area contributed by atoms with E-state index < -0.39 is 0 Å². The summed E-state index contributed by atoms with van der Waals surface area (Å²) in [6, 6.07) is 4.54. The molecule has 9 nitrogen and oxygen atoms in total. The molecule has 0 N–H and O–H groups in total. The first-order chi connectivity index (χ1) is 25.8. The van der Waals surface area contributed by atoms with Crippen molar-refractivity contribution in [1.29, 1.82) is 0 Å². The number of hydrogen-bond acceptors (Lipinski definition) is 9. The molecule has 57 heavy (non-hydrogen) atoms. The van der Waals surface area contributed by atoms with Gasteiger partial charge in [0.25, 0.3) is 0 Å². The maximum Gasteiger partial charge on any atom is 0.0594 e. The second-order valence-corrected chi connectivity index (χ2v) is 18.4. The molecule has 6 aliphatic heterocycles. The third-order valence-electron chi connectivity index (χ3n) is 12.9. The number of piperazine rings is 2. The van der Waals surface area contributed by atoms with Crippen LogP contribution in [0.4, 0.5) is 0 Å². The number of nitrogens with zero attached hydrogens (tertiary/aromatic N) is 8. The van der Waals surface area contributed by atoms with Gasteiger partial charge in [-0.15, -0.1) is 0 Å². The highest BCUT2D eigenvalue weighted by atomic mass is 16.5. The molecule has 0 saturated carbocycles. The molecule has 346 valence electrons. The van der Waals surface area contributed by atoms with E-state index in [1.807, 2.05) is 0 Å². The Kier molecular flexibility index (Phi) is 35.3. The van der Waals surface area contributed by atoms with Crippen LogP contribution in [-0.4, -0.2) is 207 Å². The molecule has 6 heterocycles. The van der Waals surface area contributed by atoms with Gasteiger partial charge in [0.15, 0.2) is 0 Å². The van der Waals surface area contributed by atoms with E-state index in [1.165, 1.54) is 150 Å². The van der Waals surface area contributed by atoms with E-state index in [-0.39, 0.29) is 22.3 Å². The highest BCUT2D eigenvalue weighted by molar-refractivity contribution is 4.82. The summed E-state index contributed by atoms with van der Waals surface area (Å²) in [6.07, 6.45) is 11.2. The van der Waals surface area contributed by atoms with Crippen LogP contribution in [0, 0.1) is 0 Å². The molecule has 0 aliphatic carbocycles. The van der Waals surface area contributed by atoms with Gasteiger partial charge in [0.1, 0.15) is 0 Å². The first kappa shape index (κ1) is 58.7. The summed E-state index contributed by atoms with van der Waals surface area (Å²) in [7, 11) is 2.19. The Morgan fingerprint density at radius 2 is 0.719 bits per heavy atom. The van der Waals surface area contributed by atoms with Crippen molar-refractivity contribution in [3.63, 3.8) is 0 Å². The standard InChI is InChI=1S/C12H24N2O.C9H20N2.C8H18N2.2C8H17N.3CH4/c1-11(2)13-5-3-12(4-6-13)14-7-9-15-10-8-14;1-4-10-5-7-11(8-6-10)9(2)3;1-8(2)10-6-4-9(3)5-7-10;2*1-8(2)9-6-4-3-5-7-9;;;/h11-12H,3-10H2,1-2H3;9H,4-8H2,1-3H3;8H,4-7H2,1-3H3;2*8H,3-7H2,1-2H3;3*1H4. The number of likely N-dealkylation sites (tertiary alicyclic amines) is 3. The number of piperidine rings is 3. The fourth-order valence-corrected chi connectivity index (χ4v) is 8.51. The minimum Gasteiger partial charge on any atom is -0.379 e. The third kappa shape index (κ3) is 25.2. The molecule has 6 saturated heterocycles. The fourth-order valence-electron chi connectivity index (χ4n) is 8.51. The van der Waals surface area contributed by atoms with Gasteiger partial charge in [-0.1, -0.05) is 42.0 Å². The zero-order chi connectivity index (χ0) is 39.9. The highest BCUT2D eigenvalue weighted by Crippen LogP contribution is 2.19. The average molecular weight is 813 g/mol. The number of morpholine rings is 1. The lowest BCUT2D eigenvalue weighted by molar-refractivity contribution is -0.00175. The van der Waals surface area contributed by atoms with E-state index >= 15 is 0 Å². The van der Waals surface area contributed by atoms with Gasteiger partial charge < -0.3 is 29.2 Å². The lowest BCUT2D eigenvalue weighted by atomic mass is 10.0. The van der Waals surface area contributed by atoms with Crippen LogP contribution < -0.4 is 0 Å². The molecule has 0 atom stereocenters. The SMILES string of the molecule is C.C.C.CC(C)N1CCC(N2CCOCC2)CC1.CC(C)N1CCCCC1.CC(C)N1CCCCC1.CC(C)N1CCN(C)CC1.CCN1CCN(C(C)C)CC1. The minimum atomic E-state index is 0. The fraction of sp³-hybridized carbons (Fsp3) is 1.00. The first-order valence-electron chi connectivity index (χ1n) is 23.2. The van der Waals surface area contributed by atoms with E-state index in [4.69, 9.17) is 4.74 Å². The Morgan fingerprint density at radius 1 is 0.404 bits per heavy atom. The zero-order valence-electron chi connectivity index (χ0n) is 38.5. The van der Waals surface area contributed by atoms with Gasteiger partial charge in [-0.3, -0.25) is 14.7 Å². The molecule has 0 bridgehead atoms. The summed E-state index contributed by atoms with van der Waals surface area (Å²) < 4.78 is 5.40. The Balaban J connectivity index is 0. The van der Waals surface area contributed by atoms with Gasteiger partial charge >= 0.3 is 0 Å². The van der Waals surface area contributed by atoms with Gasteiger partial charge in [-0.05, 0) is 161 Å². The van der Waals surface area contributed by atoms with E-state index in [2.05, 4.69) is 122 Å². The van der Waals surface area contributed by atoms with Crippen molar-refractivity contribution < 1.29 is 4.74 Å². The van der Waals surface area contributed by atoms with Gasteiger partial charge in [-0.2, -0.15) is 0 Å². The Morgan fingerprint density at radius 3 is 1.04 bits per heavy atom. The summed E-state index contributed by atoms with van der Waals surface area (Å²) >= 11 is 0. The van der Waals surface area contributed by atoms with Crippen LogP contribution in [0.5, 0.6) is 0 Å². The molecule has 0 radical (unpaired) electrons. The predicted molar refractivity (Wildman–Crippen MR) is 256 cm³/mol. The number of hydrogen-bond donors (Lipinski definition) is 0. The summed E-state index contributed by atoms with van der Waals surface area (Å²) in [5.41, 5.74) is 0. The molecule has 6 fully saturated rings. The minimum absolute atomic E-state index is 0. The van der Waals surface area contributed by atoms with Gasteiger partial charge in [0.05, 0.1) is 13.2 Å². The molecule has 6 rings (SSSR count). The molecule has 0 aromatic carbocycles. The maximum atomic E-state index is 5.40. The summed E-state index contributed by atoms with van der Waals surface area (Å²) in [4.78, 5) is 20.3. The highest BCUT2D eigenvalue weighted by Gasteiger charge is 2.26. The third-order valence-corrected chi connectivity index (χ3v) is 12.9. The van der Waals surface area contributed by atoms with Crippen molar-refractivity contribution in [3.05, 3.63) is 0 Å². The van der Waals surface area contributed by atoms with Gasteiger partial charge in [0.2, 0.25) is 0 Å². The smallest absolute Gasteiger partial charge is 0.0594 e. The van der Waals surface area contributed by atoms with E-state index in [0.717, 1.165) is 62.6 Å². The molecule has 0 aromatic rings. The lowest BCUT2D eigenvalue weighted by Gasteiger charge is -2.41. The summed E-state index contributed by atoms with van der Waals surface area (Å²) in [5, 5.41) is 0. The van der Waals surface area contributed by atoms with Crippen LogP contribution in [0.1, 0.15) is 150 Å². The van der Waals surface area contributed by atoms with Crippen molar-refractivity contribution in [2.75, 3.05) is 132 Å². The van der Waals surface area contributed by atoms with Crippen molar-refractivity contribution in [2.24, 2.45) is 0 Å². The Bertz CT molecular complexity index is 824. The van der Waals surface area contributed by atoms with Crippen LogP contribution in [0.15, 0.2) is 0 Å². The molecular formula is C48H108N8O. The quantitative estimate of drug-likeness (QED) is 0.252. The molecule has 0 spiro atoms. The van der Waals surface area contributed by atoms with Crippen LogP contribution in [0.2, 0.25) is 0 Å². The monoisotopic (exact) mass is 813 g/mol. The molecule has 6 aliphatic rings. The molecular weight excluding hydrogens is 705 g/mol.